The average Bonchev–Trinajstić information content (AvgIpc) is 2.25. The number of carbonyl (C=O) groups is 1. The van der Waals surface area contributed by atoms with Crippen molar-refractivity contribution in [2.45, 2.75) is 13.0 Å². The number of carboxylic acids is 1. The Bertz CT molecular complexity index is 311. The highest BCUT2D eigenvalue weighted by Crippen LogP contribution is 2.05. The summed E-state index contributed by atoms with van der Waals surface area (Å²) in [6, 6.07) is 3.66. The SMILES string of the molecule is COc1ccc(CNCCC(=O)O)cn1. The summed E-state index contributed by atoms with van der Waals surface area (Å²) in [5.74, 6) is -0.223. The first kappa shape index (κ1) is 11.5. The van der Waals surface area contributed by atoms with Crippen LogP contribution in [-0.4, -0.2) is 29.7 Å². The van der Waals surface area contributed by atoms with E-state index in [-0.39, 0.29) is 6.42 Å². The number of aromatic nitrogens is 1. The second-order valence-corrected chi connectivity index (χ2v) is 3.03. The molecule has 2 N–H and O–H groups in total. The summed E-state index contributed by atoms with van der Waals surface area (Å²) in [6.45, 7) is 1.08. The average molecular weight is 210 g/mol. The first-order valence-corrected chi connectivity index (χ1v) is 4.64. The lowest BCUT2D eigenvalue weighted by Crippen LogP contribution is -2.17. The number of rotatable bonds is 6. The van der Waals surface area contributed by atoms with E-state index in [4.69, 9.17) is 9.84 Å². The zero-order valence-corrected chi connectivity index (χ0v) is 8.56. The summed E-state index contributed by atoms with van der Waals surface area (Å²) < 4.78 is 4.92. The maximum atomic E-state index is 10.2. The van der Waals surface area contributed by atoms with E-state index in [0.29, 0.717) is 19.0 Å². The molecule has 1 rings (SSSR count). The first-order chi connectivity index (χ1) is 7.22. The Morgan fingerprint density at radius 2 is 2.40 bits per heavy atom. The molecule has 0 aliphatic carbocycles. The molecule has 0 spiro atoms. The number of nitrogens with zero attached hydrogens (tertiary/aromatic N) is 1. The van der Waals surface area contributed by atoms with Crippen LogP contribution in [0, 0.1) is 0 Å². The van der Waals surface area contributed by atoms with Crippen LogP contribution in [0.5, 0.6) is 5.88 Å². The highest BCUT2D eigenvalue weighted by molar-refractivity contribution is 5.66. The van der Waals surface area contributed by atoms with Gasteiger partial charge in [-0.3, -0.25) is 4.79 Å². The Morgan fingerprint density at radius 1 is 1.60 bits per heavy atom. The maximum Gasteiger partial charge on any atom is 0.304 e. The van der Waals surface area contributed by atoms with E-state index in [1.807, 2.05) is 6.07 Å². The summed E-state index contributed by atoms with van der Waals surface area (Å²) >= 11 is 0. The van der Waals surface area contributed by atoms with Gasteiger partial charge in [0.25, 0.3) is 0 Å². The van der Waals surface area contributed by atoms with Crippen molar-refractivity contribution < 1.29 is 14.6 Å². The van der Waals surface area contributed by atoms with Crippen LogP contribution in [0.4, 0.5) is 0 Å². The molecule has 0 amide bonds. The maximum absolute atomic E-state index is 10.2. The molecule has 1 aromatic heterocycles. The lowest BCUT2D eigenvalue weighted by atomic mass is 10.3. The normalized spacial score (nSPS) is 9.93. The molecule has 0 saturated heterocycles. The van der Waals surface area contributed by atoms with Crippen LogP contribution >= 0.6 is 0 Å². The van der Waals surface area contributed by atoms with Crippen molar-refractivity contribution in [3.8, 4) is 5.88 Å². The van der Waals surface area contributed by atoms with E-state index >= 15 is 0 Å². The predicted octanol–water partition coefficient (Wildman–Crippen LogP) is 0.654. The smallest absolute Gasteiger partial charge is 0.304 e. The van der Waals surface area contributed by atoms with Crippen LogP contribution in [0.15, 0.2) is 18.3 Å². The highest BCUT2D eigenvalue weighted by atomic mass is 16.5. The Hall–Kier alpha value is -1.62. The monoisotopic (exact) mass is 210 g/mol. The van der Waals surface area contributed by atoms with Gasteiger partial charge < -0.3 is 15.2 Å². The minimum absolute atomic E-state index is 0.129. The summed E-state index contributed by atoms with van der Waals surface area (Å²) in [4.78, 5) is 14.3. The molecule has 0 aromatic carbocycles. The standard InChI is InChI=1S/C10H14N2O3/c1-15-9-3-2-8(7-12-9)6-11-5-4-10(13)14/h2-3,7,11H,4-6H2,1H3,(H,13,14). The zero-order valence-electron chi connectivity index (χ0n) is 8.56. The molecule has 0 unspecified atom stereocenters. The van der Waals surface area contributed by atoms with Crippen molar-refractivity contribution in [3.63, 3.8) is 0 Å². The number of pyridine rings is 1. The number of carboxylic acid groups (broad SMARTS) is 1. The molecule has 0 radical (unpaired) electrons. The molecule has 5 nitrogen and oxygen atoms in total. The molecule has 0 bridgehead atoms. The molecule has 0 aliphatic heterocycles. The van der Waals surface area contributed by atoms with E-state index in [1.54, 1.807) is 19.4 Å². The third kappa shape index (κ3) is 4.42. The van der Waals surface area contributed by atoms with Crippen molar-refractivity contribution in [3.05, 3.63) is 23.9 Å². The Morgan fingerprint density at radius 3 is 2.93 bits per heavy atom. The number of methoxy groups -OCH3 is 1. The van der Waals surface area contributed by atoms with E-state index in [2.05, 4.69) is 10.3 Å². The Kier molecular flexibility index (Phi) is 4.56. The van der Waals surface area contributed by atoms with Crippen molar-refractivity contribution in [2.75, 3.05) is 13.7 Å². The van der Waals surface area contributed by atoms with Gasteiger partial charge in [0, 0.05) is 25.4 Å². The van der Waals surface area contributed by atoms with Gasteiger partial charge in [-0.1, -0.05) is 6.07 Å². The molecular weight excluding hydrogens is 196 g/mol. The second-order valence-electron chi connectivity index (χ2n) is 3.03. The largest absolute Gasteiger partial charge is 0.481 e. The van der Waals surface area contributed by atoms with E-state index in [0.717, 1.165) is 5.56 Å². The van der Waals surface area contributed by atoms with Gasteiger partial charge in [0.1, 0.15) is 0 Å². The number of ether oxygens (including phenoxy) is 1. The minimum Gasteiger partial charge on any atom is -0.481 e. The van der Waals surface area contributed by atoms with Crippen LogP contribution in [0.1, 0.15) is 12.0 Å². The van der Waals surface area contributed by atoms with Gasteiger partial charge >= 0.3 is 5.97 Å². The summed E-state index contributed by atoms with van der Waals surface area (Å²) in [5, 5.41) is 11.4. The van der Waals surface area contributed by atoms with Gasteiger partial charge in [-0.2, -0.15) is 0 Å². The van der Waals surface area contributed by atoms with E-state index in [1.165, 1.54) is 0 Å². The summed E-state index contributed by atoms with van der Waals surface area (Å²) in [6.07, 6.45) is 1.83. The van der Waals surface area contributed by atoms with Gasteiger partial charge in [-0.25, -0.2) is 4.98 Å². The Labute approximate surface area is 88.1 Å². The molecule has 0 aliphatic rings. The van der Waals surface area contributed by atoms with Crippen LogP contribution in [0.3, 0.4) is 0 Å². The summed E-state index contributed by atoms with van der Waals surface area (Å²) in [5.41, 5.74) is 1.00. The third-order valence-electron chi connectivity index (χ3n) is 1.85. The molecule has 1 aromatic rings. The molecule has 82 valence electrons. The van der Waals surface area contributed by atoms with Gasteiger partial charge in [0.2, 0.25) is 5.88 Å². The number of hydrogen-bond donors (Lipinski definition) is 2. The van der Waals surface area contributed by atoms with Crippen molar-refractivity contribution in [1.29, 1.82) is 0 Å². The quantitative estimate of drug-likeness (QED) is 0.675. The third-order valence-corrected chi connectivity index (χ3v) is 1.85. The molecule has 0 saturated carbocycles. The number of aliphatic carboxylic acids is 1. The zero-order chi connectivity index (χ0) is 11.1. The molecule has 5 heteroatoms. The topological polar surface area (TPSA) is 71.5 Å². The summed E-state index contributed by atoms with van der Waals surface area (Å²) in [7, 11) is 1.56. The molecule has 1 heterocycles. The van der Waals surface area contributed by atoms with Gasteiger partial charge in [-0.15, -0.1) is 0 Å². The van der Waals surface area contributed by atoms with Crippen LogP contribution < -0.4 is 10.1 Å². The van der Waals surface area contributed by atoms with Crippen LogP contribution in [-0.2, 0) is 11.3 Å². The van der Waals surface area contributed by atoms with Crippen LogP contribution in [0.25, 0.3) is 0 Å². The molecular formula is C10H14N2O3. The van der Waals surface area contributed by atoms with Crippen LogP contribution in [0.2, 0.25) is 0 Å². The van der Waals surface area contributed by atoms with E-state index in [9.17, 15) is 4.79 Å². The predicted molar refractivity (Wildman–Crippen MR) is 54.7 cm³/mol. The molecule has 15 heavy (non-hydrogen) atoms. The fourth-order valence-corrected chi connectivity index (χ4v) is 1.06. The van der Waals surface area contributed by atoms with Crippen molar-refractivity contribution in [1.82, 2.24) is 10.3 Å². The number of nitrogens with one attached hydrogen (secondary N) is 1. The van der Waals surface area contributed by atoms with Crippen molar-refractivity contribution >= 4 is 5.97 Å². The molecule has 0 fully saturated rings. The fraction of sp³-hybridized carbons (Fsp3) is 0.400. The second kappa shape index (κ2) is 5.98. The highest BCUT2D eigenvalue weighted by Gasteiger charge is 1.97. The Balaban J connectivity index is 2.28. The van der Waals surface area contributed by atoms with Gasteiger partial charge in [-0.05, 0) is 5.56 Å². The van der Waals surface area contributed by atoms with E-state index < -0.39 is 5.97 Å². The van der Waals surface area contributed by atoms with Gasteiger partial charge in [0.15, 0.2) is 0 Å². The van der Waals surface area contributed by atoms with Crippen molar-refractivity contribution in [2.24, 2.45) is 0 Å². The number of hydrogen-bond acceptors (Lipinski definition) is 4. The minimum atomic E-state index is -0.796. The molecule has 0 atom stereocenters. The lowest BCUT2D eigenvalue weighted by molar-refractivity contribution is -0.136. The first-order valence-electron chi connectivity index (χ1n) is 4.64. The fourth-order valence-electron chi connectivity index (χ4n) is 1.06. The lowest BCUT2D eigenvalue weighted by Gasteiger charge is -2.03. The van der Waals surface area contributed by atoms with Gasteiger partial charge in [0.05, 0.1) is 13.5 Å².